The summed E-state index contributed by atoms with van der Waals surface area (Å²) in [6.07, 6.45) is 9.20. The van der Waals surface area contributed by atoms with Gasteiger partial charge in [-0.3, -0.25) is 0 Å². The Balaban J connectivity index is 1.85. The molecule has 3 nitrogen and oxygen atoms in total. The Morgan fingerprint density at radius 2 is 1.90 bits per heavy atom. The molecule has 1 heterocycles. The molecule has 1 fully saturated rings. The van der Waals surface area contributed by atoms with Gasteiger partial charge in [0.1, 0.15) is 5.82 Å². The molecule has 0 radical (unpaired) electrons. The molecule has 110 valence electrons. The molecule has 3 heteroatoms. The lowest BCUT2D eigenvalue weighted by Gasteiger charge is -2.35. The lowest BCUT2D eigenvalue weighted by Crippen LogP contribution is -2.31. The van der Waals surface area contributed by atoms with Gasteiger partial charge in [-0.1, -0.05) is 33.6 Å². The van der Waals surface area contributed by atoms with E-state index in [1.165, 1.54) is 36.9 Å². The zero-order chi connectivity index (χ0) is 14.3. The van der Waals surface area contributed by atoms with E-state index in [4.69, 9.17) is 10.7 Å². The summed E-state index contributed by atoms with van der Waals surface area (Å²) in [5, 5.41) is 0. The fourth-order valence-corrected chi connectivity index (χ4v) is 3.84. The fourth-order valence-electron chi connectivity index (χ4n) is 3.84. The van der Waals surface area contributed by atoms with E-state index in [-0.39, 0.29) is 11.5 Å². The molecule has 0 bridgehead atoms. The van der Waals surface area contributed by atoms with Crippen LogP contribution in [0.3, 0.4) is 0 Å². The quantitative estimate of drug-likeness (QED) is 0.848. The number of hydrogen-bond acceptors (Lipinski definition) is 3. The second-order valence-corrected chi connectivity index (χ2v) is 7.74. The van der Waals surface area contributed by atoms with Gasteiger partial charge < -0.3 is 5.73 Å². The van der Waals surface area contributed by atoms with Crippen LogP contribution in [0.2, 0.25) is 0 Å². The van der Waals surface area contributed by atoms with Crippen LogP contribution in [0.15, 0.2) is 6.20 Å². The van der Waals surface area contributed by atoms with Crippen molar-refractivity contribution in [2.75, 3.05) is 0 Å². The molecule has 0 aliphatic heterocycles. The predicted molar refractivity (Wildman–Crippen MR) is 81.4 cm³/mol. The molecule has 0 aromatic carbocycles. The summed E-state index contributed by atoms with van der Waals surface area (Å²) >= 11 is 0. The van der Waals surface area contributed by atoms with Crippen LogP contribution in [0, 0.1) is 11.3 Å². The van der Waals surface area contributed by atoms with Gasteiger partial charge in [-0.05, 0) is 37.0 Å². The van der Waals surface area contributed by atoms with Gasteiger partial charge in [-0.25, -0.2) is 9.97 Å². The Hall–Kier alpha value is -0.960. The molecule has 0 spiro atoms. The van der Waals surface area contributed by atoms with Crippen LogP contribution < -0.4 is 5.73 Å². The molecule has 1 saturated carbocycles. The zero-order valence-electron chi connectivity index (χ0n) is 13.0. The van der Waals surface area contributed by atoms with E-state index in [2.05, 4.69) is 25.8 Å². The third-order valence-corrected chi connectivity index (χ3v) is 5.12. The Morgan fingerprint density at radius 1 is 1.20 bits per heavy atom. The third-order valence-electron chi connectivity index (χ3n) is 5.12. The Bertz CT molecular complexity index is 487. The van der Waals surface area contributed by atoms with E-state index < -0.39 is 0 Å². The highest BCUT2D eigenvalue weighted by Crippen LogP contribution is 2.40. The van der Waals surface area contributed by atoms with E-state index >= 15 is 0 Å². The molecule has 1 unspecified atom stereocenters. The highest BCUT2D eigenvalue weighted by atomic mass is 14.9. The summed E-state index contributed by atoms with van der Waals surface area (Å²) in [5.41, 5.74) is 8.94. The first-order valence-electron chi connectivity index (χ1n) is 8.06. The molecular formula is C17H27N3. The smallest absolute Gasteiger partial charge is 0.131 e. The monoisotopic (exact) mass is 273 g/mol. The topological polar surface area (TPSA) is 51.8 Å². The van der Waals surface area contributed by atoms with Crippen molar-refractivity contribution >= 4 is 0 Å². The lowest BCUT2D eigenvalue weighted by molar-refractivity contribution is 0.275. The van der Waals surface area contributed by atoms with Gasteiger partial charge in [-0.2, -0.15) is 0 Å². The Morgan fingerprint density at radius 3 is 2.60 bits per heavy atom. The van der Waals surface area contributed by atoms with Crippen molar-refractivity contribution < 1.29 is 0 Å². The number of hydrogen-bond donors (Lipinski definition) is 1. The minimum atomic E-state index is 0.106. The van der Waals surface area contributed by atoms with Crippen molar-refractivity contribution in [3.05, 3.63) is 23.3 Å². The SMILES string of the molecule is CC1CCC(c2ncc3c(n2)CC(C)(C)CC3N)CC1. The van der Waals surface area contributed by atoms with Gasteiger partial charge in [0.2, 0.25) is 0 Å². The maximum Gasteiger partial charge on any atom is 0.131 e. The minimum Gasteiger partial charge on any atom is -0.324 e. The molecule has 2 aliphatic rings. The predicted octanol–water partition coefficient (Wildman–Crippen LogP) is 3.74. The molecule has 3 rings (SSSR count). The molecule has 1 atom stereocenters. The summed E-state index contributed by atoms with van der Waals surface area (Å²) in [7, 11) is 0. The van der Waals surface area contributed by atoms with Crippen molar-refractivity contribution in [3.8, 4) is 0 Å². The Labute approximate surface area is 122 Å². The van der Waals surface area contributed by atoms with Gasteiger partial charge in [0.05, 0.1) is 0 Å². The molecule has 1 aromatic rings. The maximum absolute atomic E-state index is 6.29. The number of fused-ring (bicyclic) bond motifs is 1. The zero-order valence-corrected chi connectivity index (χ0v) is 13.0. The Kier molecular flexibility index (Phi) is 3.57. The standard InChI is InChI=1S/C17H27N3/c1-11-4-6-12(7-5-11)16-19-10-13-14(18)8-17(2,3)9-15(13)20-16/h10-12,14H,4-9,18H2,1-3H3. The maximum atomic E-state index is 6.29. The molecular weight excluding hydrogens is 246 g/mol. The van der Waals surface area contributed by atoms with Crippen LogP contribution >= 0.6 is 0 Å². The fraction of sp³-hybridized carbons (Fsp3) is 0.765. The highest BCUT2D eigenvalue weighted by Gasteiger charge is 2.32. The normalized spacial score (nSPS) is 32.7. The van der Waals surface area contributed by atoms with Crippen LogP contribution in [0.25, 0.3) is 0 Å². The molecule has 2 N–H and O–H groups in total. The highest BCUT2D eigenvalue weighted by molar-refractivity contribution is 5.27. The van der Waals surface area contributed by atoms with Gasteiger partial charge in [0.15, 0.2) is 0 Å². The van der Waals surface area contributed by atoms with Crippen molar-refractivity contribution in [1.29, 1.82) is 0 Å². The summed E-state index contributed by atoms with van der Waals surface area (Å²) in [6.45, 7) is 6.94. The van der Waals surface area contributed by atoms with Crippen LogP contribution in [0.1, 0.15) is 81.9 Å². The van der Waals surface area contributed by atoms with Crippen LogP contribution in [-0.4, -0.2) is 9.97 Å². The summed E-state index contributed by atoms with van der Waals surface area (Å²) in [5.74, 6) is 2.51. The van der Waals surface area contributed by atoms with E-state index in [0.717, 1.165) is 24.6 Å². The molecule has 0 saturated heterocycles. The summed E-state index contributed by atoms with van der Waals surface area (Å²) < 4.78 is 0. The number of nitrogens with zero attached hydrogens (tertiary/aromatic N) is 2. The average molecular weight is 273 g/mol. The van der Waals surface area contributed by atoms with Crippen molar-refractivity contribution in [3.63, 3.8) is 0 Å². The first kappa shape index (κ1) is 14.0. The summed E-state index contributed by atoms with van der Waals surface area (Å²) in [6, 6.07) is 0.106. The first-order chi connectivity index (χ1) is 9.44. The second kappa shape index (κ2) is 5.10. The van der Waals surface area contributed by atoms with E-state index in [9.17, 15) is 0 Å². The molecule has 20 heavy (non-hydrogen) atoms. The molecule has 1 aromatic heterocycles. The van der Waals surface area contributed by atoms with Crippen molar-refractivity contribution in [2.45, 2.75) is 71.3 Å². The summed E-state index contributed by atoms with van der Waals surface area (Å²) in [4.78, 5) is 9.56. The van der Waals surface area contributed by atoms with Gasteiger partial charge in [0.25, 0.3) is 0 Å². The van der Waals surface area contributed by atoms with Crippen LogP contribution in [-0.2, 0) is 6.42 Å². The second-order valence-electron chi connectivity index (χ2n) is 7.74. The largest absolute Gasteiger partial charge is 0.324 e. The van der Waals surface area contributed by atoms with E-state index in [1.54, 1.807) is 0 Å². The first-order valence-corrected chi connectivity index (χ1v) is 8.06. The molecule has 0 amide bonds. The van der Waals surface area contributed by atoms with Crippen LogP contribution in [0.5, 0.6) is 0 Å². The van der Waals surface area contributed by atoms with Crippen LogP contribution in [0.4, 0.5) is 0 Å². The van der Waals surface area contributed by atoms with Crippen molar-refractivity contribution in [1.82, 2.24) is 9.97 Å². The van der Waals surface area contributed by atoms with Gasteiger partial charge >= 0.3 is 0 Å². The van der Waals surface area contributed by atoms with Gasteiger partial charge in [-0.15, -0.1) is 0 Å². The lowest BCUT2D eigenvalue weighted by atomic mass is 9.74. The average Bonchev–Trinajstić information content (AvgIpc) is 2.37. The van der Waals surface area contributed by atoms with Gasteiger partial charge in [0, 0.05) is 29.4 Å². The molecule has 2 aliphatic carbocycles. The number of aromatic nitrogens is 2. The van der Waals surface area contributed by atoms with Crippen molar-refractivity contribution in [2.24, 2.45) is 17.1 Å². The number of rotatable bonds is 1. The number of nitrogens with two attached hydrogens (primary N) is 1. The van der Waals surface area contributed by atoms with E-state index in [1.807, 2.05) is 6.20 Å². The third kappa shape index (κ3) is 2.73. The minimum absolute atomic E-state index is 0.106. The van der Waals surface area contributed by atoms with E-state index in [0.29, 0.717) is 5.92 Å².